The first-order valence-electron chi connectivity index (χ1n) is 14.0. The molecule has 4 rings (SSSR count). The lowest BCUT2D eigenvalue weighted by atomic mass is 9.95. The second-order valence-corrected chi connectivity index (χ2v) is 10.5. The fourth-order valence-electron chi connectivity index (χ4n) is 4.47. The quantitative estimate of drug-likeness (QED) is 0.0736. The zero-order valence-electron chi connectivity index (χ0n) is 24.3. The lowest BCUT2D eigenvalue weighted by Gasteiger charge is -2.12. The van der Waals surface area contributed by atoms with Gasteiger partial charge >= 0.3 is 6.36 Å². The van der Waals surface area contributed by atoms with Crippen LogP contribution in [0.1, 0.15) is 55.6 Å². The fourth-order valence-corrected chi connectivity index (χ4v) is 4.68. The van der Waals surface area contributed by atoms with Gasteiger partial charge in [-0.3, -0.25) is 5.43 Å². The van der Waals surface area contributed by atoms with E-state index in [1.165, 1.54) is 35.4 Å². The Hall–Kier alpha value is -4.09. The van der Waals surface area contributed by atoms with Gasteiger partial charge in [-0.2, -0.15) is 5.10 Å². The molecule has 0 amide bonds. The summed E-state index contributed by atoms with van der Waals surface area (Å²) in [6.07, 6.45) is -1.16. The Balaban J connectivity index is 1.45. The number of thiocarbonyl (C=S) groups is 1. The predicted molar refractivity (Wildman–Crippen MR) is 166 cm³/mol. The van der Waals surface area contributed by atoms with Gasteiger partial charge in [0.1, 0.15) is 16.6 Å². The molecule has 0 bridgehead atoms. The smallest absolute Gasteiger partial charge is 0.406 e. The van der Waals surface area contributed by atoms with Gasteiger partial charge in [0.15, 0.2) is 5.82 Å². The largest absolute Gasteiger partial charge is 0.573 e. The van der Waals surface area contributed by atoms with E-state index in [-0.39, 0.29) is 5.75 Å². The lowest BCUT2D eigenvalue weighted by Crippen LogP contribution is -2.18. The minimum atomic E-state index is -4.76. The molecule has 0 unspecified atom stereocenters. The number of nitrogens with zero attached hydrogens (tertiary/aromatic N) is 4. The second-order valence-electron chi connectivity index (χ2n) is 10.1. The monoisotopic (exact) mass is 609 g/mol. The zero-order chi connectivity index (χ0) is 30.8. The van der Waals surface area contributed by atoms with Gasteiger partial charge in [-0.1, -0.05) is 74.6 Å². The van der Waals surface area contributed by atoms with E-state index in [0.29, 0.717) is 60.7 Å². The van der Waals surface area contributed by atoms with Crippen LogP contribution in [0.2, 0.25) is 0 Å². The molecular formula is C32H34F3N5O2S. The van der Waals surface area contributed by atoms with E-state index in [2.05, 4.69) is 46.3 Å². The van der Waals surface area contributed by atoms with Gasteiger partial charge in [-0.25, -0.2) is 9.67 Å². The van der Waals surface area contributed by atoms with Gasteiger partial charge in [0, 0.05) is 31.6 Å². The molecule has 0 atom stereocenters. The first-order valence-corrected chi connectivity index (χ1v) is 14.4. The summed E-state index contributed by atoms with van der Waals surface area (Å²) in [6.45, 7) is 7.43. The van der Waals surface area contributed by atoms with Gasteiger partial charge in [-0.05, 0) is 60.2 Å². The third-order valence-corrected chi connectivity index (χ3v) is 6.72. The Morgan fingerprint density at radius 2 is 1.77 bits per heavy atom. The molecule has 0 fully saturated rings. The van der Waals surface area contributed by atoms with E-state index in [0.717, 1.165) is 11.1 Å². The topological polar surface area (TPSA) is 73.6 Å². The van der Waals surface area contributed by atoms with Crippen LogP contribution in [0.5, 0.6) is 5.75 Å². The standard InChI is InChI=1S/C32H34F3N5O2S/c1-4-41-19-7-10-29-37-31(39-40(29)26-15-17-27(18-16-26)42-32(33,34)35)24-13-11-23(12-14-24)21-36-38-30(43)20-25-8-5-6-9-28(25)22(2)3/h5-6,8-9,11-18,21-22H,4,7,10,19-20H2,1-3H3,(H,38,43). The third kappa shape index (κ3) is 9.45. The zero-order valence-corrected chi connectivity index (χ0v) is 25.1. The first kappa shape index (κ1) is 31.8. The summed E-state index contributed by atoms with van der Waals surface area (Å²) in [5.74, 6) is 1.27. The number of alkyl halides is 3. The van der Waals surface area contributed by atoms with Gasteiger partial charge in [0.05, 0.1) is 11.9 Å². The normalized spacial score (nSPS) is 11.8. The van der Waals surface area contributed by atoms with Gasteiger partial charge < -0.3 is 9.47 Å². The Morgan fingerprint density at radius 3 is 2.44 bits per heavy atom. The van der Waals surface area contributed by atoms with Crippen molar-refractivity contribution in [2.75, 3.05) is 13.2 Å². The van der Waals surface area contributed by atoms with Crippen LogP contribution >= 0.6 is 12.2 Å². The van der Waals surface area contributed by atoms with E-state index in [1.807, 2.05) is 43.3 Å². The van der Waals surface area contributed by atoms with E-state index in [1.54, 1.807) is 10.9 Å². The van der Waals surface area contributed by atoms with Crippen LogP contribution in [-0.2, 0) is 17.6 Å². The summed E-state index contributed by atoms with van der Waals surface area (Å²) in [7, 11) is 0. The Morgan fingerprint density at radius 1 is 1.05 bits per heavy atom. The minimum Gasteiger partial charge on any atom is -0.406 e. The molecule has 7 nitrogen and oxygen atoms in total. The number of hydrogen-bond donors (Lipinski definition) is 1. The number of benzene rings is 3. The summed E-state index contributed by atoms with van der Waals surface area (Å²) in [5.41, 5.74) is 7.63. The van der Waals surface area contributed by atoms with Crippen molar-refractivity contribution in [3.05, 3.63) is 95.3 Å². The van der Waals surface area contributed by atoms with Crippen LogP contribution in [-0.4, -0.2) is 45.5 Å². The third-order valence-electron chi connectivity index (χ3n) is 6.48. The number of hydrazone groups is 1. The molecule has 1 aromatic heterocycles. The number of hydrogen-bond acceptors (Lipinski definition) is 6. The van der Waals surface area contributed by atoms with E-state index < -0.39 is 6.36 Å². The molecule has 11 heteroatoms. The summed E-state index contributed by atoms with van der Waals surface area (Å²) in [6, 6.07) is 21.4. The van der Waals surface area contributed by atoms with Crippen LogP contribution in [0.4, 0.5) is 13.2 Å². The Kier molecular flexibility index (Phi) is 11.0. The fraction of sp³-hybridized carbons (Fsp3) is 0.312. The molecule has 0 spiro atoms. The molecule has 3 aromatic carbocycles. The molecule has 0 radical (unpaired) electrons. The molecule has 0 saturated carbocycles. The van der Waals surface area contributed by atoms with Gasteiger partial charge in [0.25, 0.3) is 0 Å². The Bertz CT molecular complexity index is 1520. The van der Waals surface area contributed by atoms with Crippen LogP contribution in [0.15, 0.2) is 77.9 Å². The van der Waals surface area contributed by atoms with Crippen molar-refractivity contribution in [1.29, 1.82) is 0 Å². The van der Waals surface area contributed by atoms with Crippen molar-refractivity contribution >= 4 is 23.4 Å². The van der Waals surface area contributed by atoms with Crippen molar-refractivity contribution in [1.82, 2.24) is 20.2 Å². The maximum atomic E-state index is 12.6. The van der Waals surface area contributed by atoms with Crippen LogP contribution < -0.4 is 10.2 Å². The van der Waals surface area contributed by atoms with E-state index >= 15 is 0 Å². The second kappa shape index (κ2) is 14.9. The lowest BCUT2D eigenvalue weighted by molar-refractivity contribution is -0.274. The summed E-state index contributed by atoms with van der Waals surface area (Å²) in [5, 5.41) is 8.97. The van der Waals surface area contributed by atoms with Crippen molar-refractivity contribution in [2.24, 2.45) is 5.10 Å². The molecule has 1 N–H and O–H groups in total. The maximum Gasteiger partial charge on any atom is 0.573 e. The number of ether oxygens (including phenoxy) is 2. The summed E-state index contributed by atoms with van der Waals surface area (Å²) in [4.78, 5) is 5.36. The van der Waals surface area contributed by atoms with E-state index in [4.69, 9.17) is 21.9 Å². The predicted octanol–water partition coefficient (Wildman–Crippen LogP) is 7.42. The first-order chi connectivity index (χ1) is 20.6. The molecule has 0 saturated heterocycles. The molecule has 0 aliphatic carbocycles. The van der Waals surface area contributed by atoms with Crippen molar-refractivity contribution in [3.8, 4) is 22.8 Å². The average molecular weight is 610 g/mol. The highest BCUT2D eigenvalue weighted by Crippen LogP contribution is 2.25. The molecule has 0 aliphatic heterocycles. The van der Waals surface area contributed by atoms with Crippen molar-refractivity contribution in [3.63, 3.8) is 0 Å². The minimum absolute atomic E-state index is 0.303. The maximum absolute atomic E-state index is 12.6. The number of aryl methyl sites for hydroxylation is 1. The summed E-state index contributed by atoms with van der Waals surface area (Å²) >= 11 is 5.50. The van der Waals surface area contributed by atoms with Gasteiger partial charge in [0.2, 0.25) is 0 Å². The van der Waals surface area contributed by atoms with E-state index in [9.17, 15) is 13.2 Å². The van der Waals surface area contributed by atoms with Gasteiger partial charge in [-0.15, -0.1) is 18.3 Å². The number of rotatable bonds is 13. The Labute approximate surface area is 254 Å². The molecule has 4 aromatic rings. The van der Waals surface area contributed by atoms with Crippen LogP contribution in [0.3, 0.4) is 0 Å². The summed E-state index contributed by atoms with van der Waals surface area (Å²) < 4.78 is 48.9. The van der Waals surface area contributed by atoms with Crippen molar-refractivity contribution in [2.45, 2.75) is 52.3 Å². The molecular weight excluding hydrogens is 575 g/mol. The number of nitrogens with one attached hydrogen (secondary N) is 1. The molecule has 1 heterocycles. The number of halogens is 3. The SMILES string of the molecule is CCOCCCc1nc(-c2ccc(C=NNC(=S)Cc3ccccc3C(C)C)cc2)nn1-c1ccc(OC(F)(F)F)cc1. The van der Waals surface area contributed by atoms with Crippen LogP contribution in [0.25, 0.3) is 17.1 Å². The highest BCUT2D eigenvalue weighted by Gasteiger charge is 2.31. The average Bonchev–Trinajstić information content (AvgIpc) is 3.39. The van der Waals surface area contributed by atoms with Crippen LogP contribution in [0, 0.1) is 0 Å². The number of aromatic nitrogens is 3. The highest BCUT2D eigenvalue weighted by atomic mass is 32.1. The molecule has 43 heavy (non-hydrogen) atoms. The highest BCUT2D eigenvalue weighted by molar-refractivity contribution is 7.80. The van der Waals surface area contributed by atoms with Crippen molar-refractivity contribution < 1.29 is 22.6 Å². The molecule has 0 aliphatic rings. The molecule has 226 valence electrons.